The number of hydrogen-bond donors (Lipinski definition) is 0. The minimum atomic E-state index is 0.117. The van der Waals surface area contributed by atoms with Crippen molar-refractivity contribution >= 4 is 27.4 Å². The predicted molar refractivity (Wildman–Crippen MR) is 79.2 cm³/mol. The summed E-state index contributed by atoms with van der Waals surface area (Å²) in [7, 11) is 0. The van der Waals surface area contributed by atoms with E-state index in [2.05, 4.69) is 53.7 Å². The van der Waals surface area contributed by atoms with Gasteiger partial charge in [-0.2, -0.15) is 0 Å². The van der Waals surface area contributed by atoms with Crippen LogP contribution in [0.5, 0.6) is 0 Å². The van der Waals surface area contributed by atoms with E-state index in [1.54, 1.807) is 0 Å². The van der Waals surface area contributed by atoms with Crippen molar-refractivity contribution in [3.8, 4) is 0 Å². The monoisotopic (exact) mass is 309 g/mol. The number of carbonyl (C=O) groups is 1. The Labute approximate surface area is 117 Å². The Balaban J connectivity index is 2.40. The molecular weight excluding hydrogens is 290 g/mol. The molecule has 0 radical (unpaired) electrons. The zero-order chi connectivity index (χ0) is 13.4. The number of anilines is 1. The van der Waals surface area contributed by atoms with E-state index in [0.29, 0.717) is 12.2 Å². The molecule has 0 N–H and O–H groups in total. The fourth-order valence-corrected chi connectivity index (χ4v) is 3.69. The second kappa shape index (κ2) is 5.04. The van der Waals surface area contributed by atoms with E-state index in [-0.39, 0.29) is 12.0 Å². The number of ketones is 1. The predicted octanol–water partition coefficient (Wildman–Crippen LogP) is 3.87. The summed E-state index contributed by atoms with van der Waals surface area (Å²) >= 11 is 3.67. The van der Waals surface area contributed by atoms with E-state index in [1.807, 2.05) is 6.92 Å². The van der Waals surface area contributed by atoms with Gasteiger partial charge in [0.2, 0.25) is 0 Å². The lowest BCUT2D eigenvalue weighted by Crippen LogP contribution is -2.47. The smallest absolute Gasteiger partial charge is 0.139 e. The Morgan fingerprint density at radius 3 is 2.56 bits per heavy atom. The summed E-state index contributed by atoms with van der Waals surface area (Å²) in [4.78, 5) is 14.1. The maximum absolute atomic E-state index is 11.8. The standard InChI is InChI=1S/C15H20BrNO/c1-9-7-10(2)15(13(16)8-9)17-6-5-14(18)11(3)12(17)4/h7-8,11-12H,5-6H2,1-4H3. The number of Topliss-reactive ketones (excluding diaryl/α,β-unsaturated/α-hetero) is 1. The molecule has 2 atom stereocenters. The van der Waals surface area contributed by atoms with Crippen molar-refractivity contribution in [1.82, 2.24) is 0 Å². The summed E-state index contributed by atoms with van der Waals surface area (Å²) in [5.41, 5.74) is 3.78. The van der Waals surface area contributed by atoms with E-state index in [9.17, 15) is 4.79 Å². The van der Waals surface area contributed by atoms with E-state index >= 15 is 0 Å². The highest BCUT2D eigenvalue weighted by molar-refractivity contribution is 9.10. The summed E-state index contributed by atoms with van der Waals surface area (Å²) in [5.74, 6) is 0.506. The van der Waals surface area contributed by atoms with Crippen molar-refractivity contribution in [2.24, 2.45) is 5.92 Å². The zero-order valence-corrected chi connectivity index (χ0v) is 13.0. The van der Waals surface area contributed by atoms with Crippen LogP contribution in [0.15, 0.2) is 16.6 Å². The first-order chi connectivity index (χ1) is 8.41. The molecular formula is C15H20BrNO. The van der Waals surface area contributed by atoms with Gasteiger partial charge in [0, 0.05) is 29.4 Å². The molecule has 1 heterocycles. The minimum Gasteiger partial charge on any atom is -0.367 e. The molecule has 18 heavy (non-hydrogen) atoms. The molecule has 0 bridgehead atoms. The van der Waals surface area contributed by atoms with Crippen LogP contribution in [0.25, 0.3) is 0 Å². The SMILES string of the molecule is Cc1cc(C)c(N2CCC(=O)C(C)C2C)c(Br)c1. The van der Waals surface area contributed by atoms with E-state index in [4.69, 9.17) is 0 Å². The van der Waals surface area contributed by atoms with Crippen LogP contribution in [0.3, 0.4) is 0 Å². The number of hydrogen-bond acceptors (Lipinski definition) is 2. The molecule has 0 aliphatic carbocycles. The van der Waals surface area contributed by atoms with Crippen molar-refractivity contribution in [1.29, 1.82) is 0 Å². The summed E-state index contributed by atoms with van der Waals surface area (Å²) in [6.45, 7) is 9.26. The molecule has 2 rings (SSSR count). The highest BCUT2D eigenvalue weighted by Crippen LogP contribution is 2.35. The lowest BCUT2D eigenvalue weighted by molar-refractivity contribution is -0.123. The summed E-state index contributed by atoms with van der Waals surface area (Å²) < 4.78 is 1.13. The van der Waals surface area contributed by atoms with Crippen molar-refractivity contribution in [2.45, 2.75) is 40.2 Å². The van der Waals surface area contributed by atoms with E-state index in [0.717, 1.165) is 11.0 Å². The summed E-state index contributed by atoms with van der Waals surface area (Å²) in [6.07, 6.45) is 0.658. The zero-order valence-electron chi connectivity index (χ0n) is 11.5. The highest BCUT2D eigenvalue weighted by Gasteiger charge is 2.32. The summed E-state index contributed by atoms with van der Waals surface area (Å²) in [6, 6.07) is 4.62. The Hall–Kier alpha value is -0.830. The van der Waals surface area contributed by atoms with Crippen LogP contribution in [-0.2, 0) is 4.79 Å². The van der Waals surface area contributed by atoms with Gasteiger partial charge in [-0.1, -0.05) is 13.0 Å². The fourth-order valence-electron chi connectivity index (χ4n) is 2.79. The maximum atomic E-state index is 11.8. The Bertz CT molecular complexity index is 460. The third-order valence-corrected chi connectivity index (χ3v) is 4.61. The largest absolute Gasteiger partial charge is 0.367 e. The van der Waals surface area contributed by atoms with Gasteiger partial charge in [-0.15, -0.1) is 0 Å². The van der Waals surface area contributed by atoms with Crippen LogP contribution in [0, 0.1) is 19.8 Å². The number of aryl methyl sites for hydroxylation is 2. The molecule has 1 aromatic carbocycles. The van der Waals surface area contributed by atoms with Gasteiger partial charge in [-0.25, -0.2) is 0 Å². The highest BCUT2D eigenvalue weighted by atomic mass is 79.9. The van der Waals surface area contributed by atoms with Gasteiger partial charge in [0.1, 0.15) is 5.78 Å². The second-order valence-corrected chi connectivity index (χ2v) is 6.21. The van der Waals surface area contributed by atoms with Gasteiger partial charge in [-0.05, 0) is 53.9 Å². The molecule has 0 saturated carbocycles. The van der Waals surface area contributed by atoms with Crippen LogP contribution in [-0.4, -0.2) is 18.4 Å². The Morgan fingerprint density at radius 2 is 1.94 bits per heavy atom. The van der Waals surface area contributed by atoms with Gasteiger partial charge in [-0.3, -0.25) is 4.79 Å². The molecule has 1 saturated heterocycles. The first-order valence-corrected chi connectivity index (χ1v) is 7.27. The molecule has 0 aromatic heterocycles. The van der Waals surface area contributed by atoms with Gasteiger partial charge >= 0.3 is 0 Å². The molecule has 1 aliphatic heterocycles. The average molecular weight is 310 g/mol. The van der Waals surface area contributed by atoms with Gasteiger partial charge in [0.15, 0.2) is 0 Å². The van der Waals surface area contributed by atoms with E-state index in [1.165, 1.54) is 16.8 Å². The first kappa shape index (κ1) is 13.6. The van der Waals surface area contributed by atoms with Crippen molar-refractivity contribution < 1.29 is 4.79 Å². The quantitative estimate of drug-likeness (QED) is 0.785. The third-order valence-electron chi connectivity index (χ3n) is 4.01. The maximum Gasteiger partial charge on any atom is 0.139 e. The summed E-state index contributed by atoms with van der Waals surface area (Å²) in [5, 5.41) is 0. The average Bonchev–Trinajstić information content (AvgIpc) is 2.28. The van der Waals surface area contributed by atoms with Gasteiger partial charge in [0.05, 0.1) is 5.69 Å². The number of halogens is 1. The Kier molecular flexibility index (Phi) is 3.81. The normalized spacial score (nSPS) is 24.5. The number of nitrogens with zero attached hydrogens (tertiary/aromatic N) is 1. The molecule has 1 fully saturated rings. The molecule has 0 spiro atoms. The lowest BCUT2D eigenvalue weighted by atomic mass is 9.89. The van der Waals surface area contributed by atoms with Crippen LogP contribution in [0.2, 0.25) is 0 Å². The van der Waals surface area contributed by atoms with Gasteiger partial charge < -0.3 is 4.90 Å². The Morgan fingerprint density at radius 1 is 1.28 bits per heavy atom. The molecule has 1 aliphatic rings. The third kappa shape index (κ3) is 2.33. The van der Waals surface area contributed by atoms with Crippen LogP contribution in [0.1, 0.15) is 31.4 Å². The lowest BCUT2D eigenvalue weighted by Gasteiger charge is -2.40. The van der Waals surface area contributed by atoms with E-state index < -0.39 is 0 Å². The molecule has 98 valence electrons. The number of rotatable bonds is 1. The van der Waals surface area contributed by atoms with Gasteiger partial charge in [0.25, 0.3) is 0 Å². The van der Waals surface area contributed by atoms with Crippen molar-refractivity contribution in [3.63, 3.8) is 0 Å². The molecule has 1 aromatic rings. The number of carbonyl (C=O) groups excluding carboxylic acids is 1. The molecule has 2 nitrogen and oxygen atoms in total. The fraction of sp³-hybridized carbons (Fsp3) is 0.533. The van der Waals surface area contributed by atoms with Crippen LogP contribution < -0.4 is 4.90 Å². The number of piperidine rings is 1. The molecule has 0 amide bonds. The second-order valence-electron chi connectivity index (χ2n) is 5.35. The van der Waals surface area contributed by atoms with Crippen molar-refractivity contribution in [3.05, 3.63) is 27.7 Å². The molecule has 3 heteroatoms. The first-order valence-electron chi connectivity index (χ1n) is 6.48. The molecule has 2 unspecified atom stereocenters. The number of benzene rings is 1. The minimum absolute atomic E-state index is 0.117. The van der Waals surface area contributed by atoms with Crippen molar-refractivity contribution in [2.75, 3.05) is 11.4 Å². The van der Waals surface area contributed by atoms with Crippen LogP contribution >= 0.6 is 15.9 Å². The topological polar surface area (TPSA) is 20.3 Å². The van der Waals surface area contributed by atoms with Crippen LogP contribution in [0.4, 0.5) is 5.69 Å².